The highest BCUT2D eigenvalue weighted by molar-refractivity contribution is 9.10. The minimum atomic E-state index is 0.0985. The lowest BCUT2D eigenvalue weighted by Crippen LogP contribution is -1.97. The average Bonchev–Trinajstić information content (AvgIpc) is 2.44. The molecular formula is C9H8BrN3O. The van der Waals surface area contributed by atoms with E-state index in [1.54, 1.807) is 25.5 Å². The Morgan fingerprint density at radius 2 is 2.43 bits per heavy atom. The third-order valence-corrected chi connectivity index (χ3v) is 2.46. The molecule has 0 fully saturated rings. The van der Waals surface area contributed by atoms with E-state index in [0.717, 1.165) is 11.2 Å². The van der Waals surface area contributed by atoms with Gasteiger partial charge in [-0.15, -0.1) is 0 Å². The number of rotatable bonds is 2. The summed E-state index contributed by atoms with van der Waals surface area (Å²) >= 11 is 3.32. The van der Waals surface area contributed by atoms with Crippen LogP contribution in [0, 0.1) is 0 Å². The number of nitrogens with zero attached hydrogens (tertiary/aromatic N) is 3. The highest BCUT2D eigenvalue weighted by Gasteiger charge is 2.09. The molecule has 2 heterocycles. The van der Waals surface area contributed by atoms with Gasteiger partial charge in [-0.25, -0.2) is 4.98 Å². The summed E-state index contributed by atoms with van der Waals surface area (Å²) in [7, 11) is 0. The molecule has 0 spiro atoms. The van der Waals surface area contributed by atoms with E-state index >= 15 is 0 Å². The molecule has 0 aliphatic carbocycles. The molecule has 2 rings (SSSR count). The number of carbonyl (C=O) groups excluding carboxylic acids is 1. The number of hydrogen-bond acceptors (Lipinski definition) is 3. The van der Waals surface area contributed by atoms with Crippen LogP contribution in [0.3, 0.4) is 0 Å². The van der Waals surface area contributed by atoms with Gasteiger partial charge in [-0.1, -0.05) is 0 Å². The maximum Gasteiger partial charge on any atom is 0.182 e. The first-order chi connectivity index (χ1) is 6.68. The number of imidazole rings is 1. The topological polar surface area (TPSA) is 47.3 Å². The van der Waals surface area contributed by atoms with Crippen LogP contribution in [0.5, 0.6) is 0 Å². The van der Waals surface area contributed by atoms with E-state index in [1.165, 1.54) is 0 Å². The summed E-state index contributed by atoms with van der Waals surface area (Å²) in [5, 5.41) is 0. The Kier molecular flexibility index (Phi) is 2.33. The molecule has 0 aliphatic heterocycles. The number of fused-ring (bicyclic) bond motifs is 1. The van der Waals surface area contributed by atoms with E-state index in [0.29, 0.717) is 11.2 Å². The van der Waals surface area contributed by atoms with Crippen molar-refractivity contribution in [3.05, 3.63) is 29.0 Å². The van der Waals surface area contributed by atoms with Gasteiger partial charge in [0, 0.05) is 12.4 Å². The molecule has 0 N–H and O–H groups in total. The van der Waals surface area contributed by atoms with Gasteiger partial charge in [-0.3, -0.25) is 14.2 Å². The highest BCUT2D eigenvalue weighted by Crippen LogP contribution is 2.16. The minimum Gasteiger partial charge on any atom is -0.300 e. The number of aromatic nitrogens is 3. The Labute approximate surface area is 89.1 Å². The molecule has 0 amide bonds. The standard InChI is InChI=1S/C9H8BrN3O/c1-6(14)4-7-8-5-11-2-3-13(8)9(10)12-7/h2-3,5H,4H2,1H3. The molecule has 2 aromatic heterocycles. The van der Waals surface area contributed by atoms with Crippen LogP contribution in [0.2, 0.25) is 0 Å². The Hall–Kier alpha value is -1.23. The molecule has 0 aliphatic rings. The lowest BCUT2D eigenvalue weighted by Gasteiger charge is -1.93. The summed E-state index contributed by atoms with van der Waals surface area (Å²) < 4.78 is 2.55. The van der Waals surface area contributed by atoms with Crippen molar-refractivity contribution in [3.8, 4) is 0 Å². The van der Waals surface area contributed by atoms with Crippen LogP contribution in [0.1, 0.15) is 12.6 Å². The normalized spacial score (nSPS) is 10.7. The molecule has 0 saturated carbocycles. The van der Waals surface area contributed by atoms with E-state index < -0.39 is 0 Å². The smallest absolute Gasteiger partial charge is 0.182 e. The van der Waals surface area contributed by atoms with Crippen molar-refractivity contribution in [1.29, 1.82) is 0 Å². The van der Waals surface area contributed by atoms with E-state index in [1.807, 2.05) is 4.40 Å². The second kappa shape index (κ2) is 3.49. The molecule has 0 radical (unpaired) electrons. The minimum absolute atomic E-state index is 0.0985. The van der Waals surface area contributed by atoms with Crippen molar-refractivity contribution in [1.82, 2.24) is 14.4 Å². The van der Waals surface area contributed by atoms with Gasteiger partial charge in [0.2, 0.25) is 0 Å². The maximum atomic E-state index is 11.0. The number of halogens is 1. The largest absolute Gasteiger partial charge is 0.300 e. The molecule has 5 heteroatoms. The van der Waals surface area contributed by atoms with Crippen LogP contribution in [0.4, 0.5) is 0 Å². The quantitative estimate of drug-likeness (QED) is 0.818. The Bertz CT molecular complexity index is 492. The molecular weight excluding hydrogens is 246 g/mol. The maximum absolute atomic E-state index is 11.0. The van der Waals surface area contributed by atoms with Gasteiger partial charge in [0.15, 0.2) is 4.73 Å². The zero-order valence-corrected chi connectivity index (χ0v) is 9.15. The fraction of sp³-hybridized carbons (Fsp3) is 0.222. The summed E-state index contributed by atoms with van der Waals surface area (Å²) in [4.78, 5) is 19.2. The molecule has 0 atom stereocenters. The first kappa shape index (κ1) is 9.33. The summed E-state index contributed by atoms with van der Waals surface area (Å²) in [5.41, 5.74) is 1.63. The monoisotopic (exact) mass is 253 g/mol. The van der Waals surface area contributed by atoms with Crippen molar-refractivity contribution in [2.45, 2.75) is 13.3 Å². The van der Waals surface area contributed by atoms with E-state index in [9.17, 15) is 4.79 Å². The van der Waals surface area contributed by atoms with E-state index in [4.69, 9.17) is 0 Å². The molecule has 72 valence electrons. The van der Waals surface area contributed by atoms with Crippen LogP contribution in [-0.4, -0.2) is 20.2 Å². The van der Waals surface area contributed by atoms with Crippen LogP contribution < -0.4 is 0 Å². The molecule has 0 unspecified atom stereocenters. The highest BCUT2D eigenvalue weighted by atomic mass is 79.9. The van der Waals surface area contributed by atoms with E-state index in [2.05, 4.69) is 25.9 Å². The summed E-state index contributed by atoms with van der Waals surface area (Å²) in [5.74, 6) is 0.0985. The number of hydrogen-bond donors (Lipinski definition) is 0. The molecule has 2 aromatic rings. The van der Waals surface area contributed by atoms with Crippen molar-refractivity contribution < 1.29 is 4.79 Å². The fourth-order valence-electron chi connectivity index (χ4n) is 1.32. The van der Waals surface area contributed by atoms with Crippen LogP contribution in [0.25, 0.3) is 5.52 Å². The predicted molar refractivity (Wildman–Crippen MR) is 55.1 cm³/mol. The van der Waals surface area contributed by atoms with Crippen molar-refractivity contribution in [2.75, 3.05) is 0 Å². The van der Waals surface area contributed by atoms with Crippen molar-refractivity contribution in [3.63, 3.8) is 0 Å². The summed E-state index contributed by atoms with van der Waals surface area (Å²) in [6.07, 6.45) is 5.53. The van der Waals surface area contributed by atoms with Crippen LogP contribution in [0.15, 0.2) is 23.3 Å². The third-order valence-electron chi connectivity index (χ3n) is 1.90. The van der Waals surface area contributed by atoms with Gasteiger partial charge in [-0.2, -0.15) is 0 Å². The number of carbonyl (C=O) groups is 1. The second-order valence-corrected chi connectivity index (χ2v) is 3.75. The van der Waals surface area contributed by atoms with Gasteiger partial charge >= 0.3 is 0 Å². The molecule has 0 saturated heterocycles. The van der Waals surface area contributed by atoms with E-state index in [-0.39, 0.29) is 5.78 Å². The zero-order chi connectivity index (χ0) is 10.1. The molecule has 0 bridgehead atoms. The lowest BCUT2D eigenvalue weighted by atomic mass is 10.2. The molecule has 14 heavy (non-hydrogen) atoms. The Balaban J connectivity index is 2.60. The zero-order valence-electron chi connectivity index (χ0n) is 7.57. The van der Waals surface area contributed by atoms with Crippen molar-refractivity contribution in [2.24, 2.45) is 0 Å². The average molecular weight is 254 g/mol. The third kappa shape index (κ3) is 1.55. The van der Waals surface area contributed by atoms with Gasteiger partial charge in [-0.05, 0) is 22.9 Å². The van der Waals surface area contributed by atoms with Crippen molar-refractivity contribution >= 4 is 27.2 Å². The van der Waals surface area contributed by atoms with Crippen LogP contribution in [-0.2, 0) is 11.2 Å². The first-order valence-corrected chi connectivity index (χ1v) is 4.93. The Morgan fingerprint density at radius 1 is 1.64 bits per heavy atom. The van der Waals surface area contributed by atoms with Gasteiger partial charge < -0.3 is 0 Å². The lowest BCUT2D eigenvalue weighted by molar-refractivity contribution is -0.116. The van der Waals surface area contributed by atoms with Gasteiger partial charge in [0.05, 0.1) is 23.8 Å². The summed E-state index contributed by atoms with van der Waals surface area (Å²) in [6, 6.07) is 0. The predicted octanol–water partition coefficient (Wildman–Crippen LogP) is 1.62. The molecule has 0 aromatic carbocycles. The summed E-state index contributed by atoms with van der Waals surface area (Å²) in [6.45, 7) is 1.55. The first-order valence-electron chi connectivity index (χ1n) is 4.14. The number of Topliss-reactive ketones (excluding diaryl/α,β-unsaturated/α-hetero) is 1. The second-order valence-electron chi connectivity index (χ2n) is 3.04. The van der Waals surface area contributed by atoms with Gasteiger partial charge in [0.1, 0.15) is 5.78 Å². The van der Waals surface area contributed by atoms with Crippen LogP contribution >= 0.6 is 15.9 Å². The SMILES string of the molecule is CC(=O)Cc1nc(Br)n2ccncc12. The molecule has 4 nitrogen and oxygen atoms in total. The van der Waals surface area contributed by atoms with Gasteiger partial charge in [0.25, 0.3) is 0 Å². The Morgan fingerprint density at radius 3 is 3.14 bits per heavy atom. The number of ketones is 1. The fourth-order valence-corrected chi connectivity index (χ4v) is 1.85.